The second-order valence-electron chi connectivity index (χ2n) is 8.63. The molecule has 0 radical (unpaired) electrons. The molecule has 0 bridgehead atoms. The maximum absolute atomic E-state index is 4.89. The summed E-state index contributed by atoms with van der Waals surface area (Å²) >= 11 is 1.81. The number of hydrogen-bond donors (Lipinski definition) is 2. The zero-order valence-corrected chi connectivity index (χ0v) is 19.3. The summed E-state index contributed by atoms with van der Waals surface area (Å²) in [7, 11) is 0. The number of aromatic amines is 1. The van der Waals surface area contributed by atoms with Gasteiger partial charge in [-0.1, -0.05) is 30.5 Å². The van der Waals surface area contributed by atoms with Gasteiger partial charge in [-0.25, -0.2) is 4.98 Å². The molecule has 1 fully saturated rings. The van der Waals surface area contributed by atoms with Crippen molar-refractivity contribution in [3.8, 4) is 0 Å². The molecule has 1 aromatic heterocycles. The average Bonchev–Trinajstić information content (AvgIpc) is 3.12. The Morgan fingerprint density at radius 3 is 2.90 bits per heavy atom. The van der Waals surface area contributed by atoms with E-state index in [2.05, 4.69) is 59.5 Å². The number of allylic oxidation sites excluding steroid dienone is 1. The van der Waals surface area contributed by atoms with E-state index in [1.54, 1.807) is 5.57 Å². The Morgan fingerprint density at radius 2 is 2.17 bits per heavy atom. The number of hydrogen-bond acceptors (Lipinski definition) is 6. The van der Waals surface area contributed by atoms with Crippen LogP contribution in [0.25, 0.3) is 0 Å². The summed E-state index contributed by atoms with van der Waals surface area (Å²) in [5, 5.41) is 7.88. The van der Waals surface area contributed by atoms with Gasteiger partial charge in [0.1, 0.15) is 5.84 Å². The third-order valence-corrected chi connectivity index (χ3v) is 7.07. The maximum Gasteiger partial charge on any atom is 0.298 e. The molecule has 2 aliphatic heterocycles. The van der Waals surface area contributed by atoms with Crippen molar-refractivity contribution in [2.24, 2.45) is 10.9 Å². The lowest BCUT2D eigenvalue weighted by Crippen LogP contribution is -2.45. The number of anilines is 2. The number of aromatic nitrogens is 2. The summed E-state index contributed by atoms with van der Waals surface area (Å²) in [6.07, 6.45) is 9.49. The summed E-state index contributed by atoms with van der Waals surface area (Å²) in [4.78, 5) is 15.7. The summed E-state index contributed by atoms with van der Waals surface area (Å²) < 4.78 is 0. The van der Waals surface area contributed by atoms with Gasteiger partial charge < -0.3 is 10.6 Å². The molecule has 30 heavy (non-hydrogen) atoms. The zero-order valence-electron chi connectivity index (χ0n) is 18.5. The van der Waals surface area contributed by atoms with Gasteiger partial charge in [0.15, 0.2) is 0 Å². The van der Waals surface area contributed by atoms with Crippen LogP contribution in [0.15, 0.2) is 39.5 Å². The van der Waals surface area contributed by atoms with Crippen LogP contribution in [0.5, 0.6) is 0 Å². The molecular weight excluding hydrogens is 392 g/mol. The topological polar surface area (TPSA) is 66.7 Å². The van der Waals surface area contributed by atoms with Crippen LogP contribution < -0.4 is 20.5 Å². The number of amidine groups is 1. The summed E-state index contributed by atoms with van der Waals surface area (Å²) in [5.74, 6) is 4.64. The molecule has 2 unspecified atom stereocenters. The van der Waals surface area contributed by atoms with E-state index < -0.39 is 0 Å². The highest BCUT2D eigenvalue weighted by atomic mass is 32.2. The number of aliphatic imine (C=N–C) groups is 1. The van der Waals surface area contributed by atoms with Crippen LogP contribution in [-0.2, 0) is 0 Å². The van der Waals surface area contributed by atoms with Crippen LogP contribution in [0.1, 0.15) is 46.5 Å². The zero-order chi connectivity index (χ0) is 20.9. The maximum atomic E-state index is 4.89. The molecule has 3 heterocycles. The highest BCUT2D eigenvalue weighted by Crippen LogP contribution is 2.27. The lowest BCUT2D eigenvalue weighted by Gasteiger charge is -2.24. The number of nitrogens with one attached hydrogen (secondary N) is 3. The standard InChI is InChI=1S/C23H34N6S/c1-4-19-17(3)13-20(25-19)26-21-14-22(29-10-8-24-9-11-29)28-23(27-21)30-15-18-7-5-6-16(2)12-18/h12-14,16,19,24H,4-11,15H2,1-3H3,(H,25,26,27,28)/p+1. The van der Waals surface area contributed by atoms with Gasteiger partial charge in [-0.15, -0.1) is 0 Å². The van der Waals surface area contributed by atoms with E-state index in [0.29, 0.717) is 12.0 Å². The highest BCUT2D eigenvalue weighted by molar-refractivity contribution is 7.99. The summed E-state index contributed by atoms with van der Waals surface area (Å²) in [6, 6.07) is 2.42. The molecule has 0 spiro atoms. The van der Waals surface area contributed by atoms with Crippen molar-refractivity contribution in [2.75, 3.05) is 42.1 Å². The fraction of sp³-hybridized carbons (Fsp3) is 0.609. The minimum Gasteiger partial charge on any atom is -0.311 e. The largest absolute Gasteiger partial charge is 0.311 e. The number of thioether (sulfide) groups is 1. The van der Waals surface area contributed by atoms with Gasteiger partial charge in [-0.3, -0.25) is 9.89 Å². The highest BCUT2D eigenvalue weighted by Gasteiger charge is 2.22. The predicted octanol–water partition coefficient (Wildman–Crippen LogP) is 3.69. The van der Waals surface area contributed by atoms with Gasteiger partial charge in [0.05, 0.1) is 25.2 Å². The molecule has 1 aliphatic carbocycles. The molecule has 2 atom stereocenters. The lowest BCUT2D eigenvalue weighted by atomic mass is 9.93. The van der Waals surface area contributed by atoms with E-state index in [1.165, 1.54) is 24.8 Å². The minimum absolute atomic E-state index is 0.296. The number of piperazine rings is 1. The molecule has 6 nitrogen and oxygen atoms in total. The van der Waals surface area contributed by atoms with Crippen LogP contribution >= 0.6 is 11.8 Å². The van der Waals surface area contributed by atoms with E-state index >= 15 is 0 Å². The molecule has 1 saturated heterocycles. The van der Waals surface area contributed by atoms with Crippen molar-refractivity contribution in [1.29, 1.82) is 0 Å². The number of H-pyrrole nitrogens is 1. The molecule has 7 heteroatoms. The van der Waals surface area contributed by atoms with Gasteiger partial charge >= 0.3 is 0 Å². The molecule has 4 rings (SSSR count). The molecule has 3 aliphatic rings. The Kier molecular flexibility index (Phi) is 7.10. The molecule has 0 saturated carbocycles. The first-order valence-electron chi connectivity index (χ1n) is 11.4. The number of nitrogens with zero attached hydrogens (tertiary/aromatic N) is 3. The van der Waals surface area contributed by atoms with E-state index in [9.17, 15) is 0 Å². The molecule has 162 valence electrons. The monoisotopic (exact) mass is 427 g/mol. The normalized spacial score (nSPS) is 24.4. The quantitative estimate of drug-likeness (QED) is 0.412. The van der Waals surface area contributed by atoms with Crippen LogP contribution in [0.3, 0.4) is 0 Å². The Balaban J connectivity index is 1.53. The van der Waals surface area contributed by atoms with Gasteiger partial charge in [0.2, 0.25) is 11.6 Å². The SMILES string of the molecule is CCC1N=C(Nc2cc(N3CCNCC3)[nH+]c(SCC3=CC(C)CCC3)n2)C=C1C. The Bertz CT molecular complexity index is 840. The van der Waals surface area contributed by atoms with Gasteiger partial charge in [0.25, 0.3) is 5.16 Å². The average molecular weight is 428 g/mol. The van der Waals surface area contributed by atoms with Crippen molar-refractivity contribution in [2.45, 2.75) is 57.7 Å². The van der Waals surface area contributed by atoms with Crippen LogP contribution in [0.2, 0.25) is 0 Å². The summed E-state index contributed by atoms with van der Waals surface area (Å²) in [6.45, 7) is 10.7. The van der Waals surface area contributed by atoms with Crippen molar-refractivity contribution in [3.05, 3.63) is 29.4 Å². The molecule has 0 aromatic carbocycles. The van der Waals surface area contributed by atoms with E-state index in [1.807, 2.05) is 11.8 Å². The van der Waals surface area contributed by atoms with E-state index in [4.69, 9.17) is 9.98 Å². The second kappa shape index (κ2) is 9.96. The Morgan fingerprint density at radius 1 is 1.33 bits per heavy atom. The van der Waals surface area contributed by atoms with E-state index in [-0.39, 0.29) is 0 Å². The molecular formula is C23H35N6S+. The summed E-state index contributed by atoms with van der Waals surface area (Å²) in [5.41, 5.74) is 2.87. The van der Waals surface area contributed by atoms with Crippen molar-refractivity contribution < 1.29 is 4.98 Å². The first kappa shape index (κ1) is 21.4. The van der Waals surface area contributed by atoms with Gasteiger partial charge in [-0.2, -0.15) is 0 Å². The predicted molar refractivity (Wildman–Crippen MR) is 127 cm³/mol. The molecule has 1 aromatic rings. The van der Waals surface area contributed by atoms with Crippen molar-refractivity contribution in [3.63, 3.8) is 0 Å². The second-order valence-corrected chi connectivity index (χ2v) is 9.59. The van der Waals surface area contributed by atoms with Crippen molar-refractivity contribution >= 4 is 29.2 Å². The fourth-order valence-electron chi connectivity index (χ4n) is 4.39. The van der Waals surface area contributed by atoms with Gasteiger partial charge in [-0.05, 0) is 61.9 Å². The third-order valence-electron chi connectivity index (χ3n) is 6.09. The van der Waals surface area contributed by atoms with Crippen LogP contribution in [0, 0.1) is 5.92 Å². The molecule has 0 amide bonds. The fourth-order valence-corrected chi connectivity index (χ4v) is 5.29. The smallest absolute Gasteiger partial charge is 0.298 e. The number of rotatable bonds is 6. The van der Waals surface area contributed by atoms with Crippen LogP contribution in [-0.4, -0.2) is 48.8 Å². The third kappa shape index (κ3) is 5.43. The van der Waals surface area contributed by atoms with Gasteiger partial charge in [0, 0.05) is 18.8 Å². The van der Waals surface area contributed by atoms with Crippen molar-refractivity contribution in [1.82, 2.24) is 10.3 Å². The van der Waals surface area contributed by atoms with E-state index in [0.717, 1.165) is 61.0 Å². The first-order valence-corrected chi connectivity index (χ1v) is 12.3. The lowest BCUT2D eigenvalue weighted by molar-refractivity contribution is -0.420. The Hall–Kier alpha value is -1.86. The van der Waals surface area contributed by atoms with Crippen LogP contribution in [0.4, 0.5) is 11.6 Å². The molecule has 3 N–H and O–H groups in total. The Labute approximate surface area is 184 Å². The minimum atomic E-state index is 0.296. The first-order chi connectivity index (χ1) is 14.6.